The third-order valence-corrected chi connectivity index (χ3v) is 4.51. The average molecular weight is 285 g/mol. The molecular formula is C17H23N3O. The number of nitrogens with zero attached hydrogens (tertiary/aromatic N) is 3. The van der Waals surface area contributed by atoms with Gasteiger partial charge in [0.15, 0.2) is 0 Å². The smallest absolute Gasteiger partial charge is 0.223 e. The first-order chi connectivity index (χ1) is 10.2. The van der Waals surface area contributed by atoms with Crippen LogP contribution < -0.4 is 4.90 Å². The summed E-state index contributed by atoms with van der Waals surface area (Å²) in [5, 5.41) is 0. The van der Waals surface area contributed by atoms with Gasteiger partial charge in [-0.3, -0.25) is 9.78 Å². The standard InChI is InChI=1S/C17H23N3O/c1-14-13-18-7-6-16(14)19-8-10-20(11-9-19)17(21)12-15-4-2-3-5-15/h2,4,6-7,13,15H,3,5,8-12H2,1H3/t15-/m1/s1. The Morgan fingerprint density at radius 1 is 1.33 bits per heavy atom. The van der Waals surface area contributed by atoms with Crippen LogP contribution in [0.3, 0.4) is 0 Å². The van der Waals surface area contributed by atoms with E-state index in [0.717, 1.165) is 39.0 Å². The van der Waals surface area contributed by atoms with Gasteiger partial charge >= 0.3 is 0 Å². The van der Waals surface area contributed by atoms with Crippen LogP contribution in [0.2, 0.25) is 0 Å². The lowest BCUT2D eigenvalue weighted by Gasteiger charge is -2.37. The van der Waals surface area contributed by atoms with E-state index >= 15 is 0 Å². The Morgan fingerprint density at radius 3 is 2.81 bits per heavy atom. The summed E-state index contributed by atoms with van der Waals surface area (Å²) in [5.74, 6) is 0.788. The molecule has 2 heterocycles. The minimum atomic E-state index is 0.317. The number of carbonyl (C=O) groups is 1. The molecule has 0 N–H and O–H groups in total. The monoisotopic (exact) mass is 285 g/mol. The third-order valence-electron chi connectivity index (χ3n) is 4.51. The van der Waals surface area contributed by atoms with E-state index in [1.54, 1.807) is 0 Å². The molecule has 1 fully saturated rings. The van der Waals surface area contributed by atoms with E-state index in [2.05, 4.69) is 35.0 Å². The minimum absolute atomic E-state index is 0.317. The fraction of sp³-hybridized carbons (Fsp3) is 0.529. The van der Waals surface area contributed by atoms with Gasteiger partial charge in [-0.1, -0.05) is 12.2 Å². The number of pyridine rings is 1. The van der Waals surface area contributed by atoms with Crippen molar-refractivity contribution in [1.82, 2.24) is 9.88 Å². The van der Waals surface area contributed by atoms with Gasteiger partial charge in [0.05, 0.1) is 0 Å². The molecule has 0 unspecified atom stereocenters. The lowest BCUT2D eigenvalue weighted by Crippen LogP contribution is -2.49. The number of aromatic nitrogens is 1. The first-order valence-electron chi connectivity index (χ1n) is 7.84. The van der Waals surface area contributed by atoms with Crippen LogP contribution in [0.4, 0.5) is 5.69 Å². The fourth-order valence-corrected chi connectivity index (χ4v) is 3.24. The van der Waals surface area contributed by atoms with Crippen LogP contribution >= 0.6 is 0 Å². The lowest BCUT2D eigenvalue weighted by molar-refractivity contribution is -0.132. The van der Waals surface area contributed by atoms with Crippen LogP contribution in [-0.2, 0) is 4.79 Å². The second kappa shape index (κ2) is 6.29. The summed E-state index contributed by atoms with van der Waals surface area (Å²) in [6, 6.07) is 2.07. The van der Waals surface area contributed by atoms with Gasteiger partial charge in [0.25, 0.3) is 0 Å². The Hall–Kier alpha value is -1.84. The summed E-state index contributed by atoms with van der Waals surface area (Å²) in [6.45, 7) is 5.58. The predicted octanol–water partition coefficient (Wildman–Crippen LogP) is 2.39. The van der Waals surface area contributed by atoms with Gasteiger partial charge in [-0.05, 0) is 37.3 Å². The van der Waals surface area contributed by atoms with Gasteiger partial charge < -0.3 is 9.80 Å². The maximum atomic E-state index is 12.3. The average Bonchev–Trinajstić information content (AvgIpc) is 3.01. The summed E-state index contributed by atoms with van der Waals surface area (Å²) in [5.41, 5.74) is 2.45. The molecule has 1 aromatic heterocycles. The Bertz CT molecular complexity index is 533. The molecule has 0 spiro atoms. The first kappa shape index (κ1) is 14.1. The second-order valence-corrected chi connectivity index (χ2v) is 6.00. The highest BCUT2D eigenvalue weighted by Crippen LogP contribution is 2.23. The Balaban J connectivity index is 1.54. The van der Waals surface area contributed by atoms with Crippen molar-refractivity contribution in [3.05, 3.63) is 36.2 Å². The SMILES string of the molecule is Cc1cnccc1N1CCN(C(=O)C[C@@H]2C=CCC2)CC1. The summed E-state index contributed by atoms with van der Waals surface area (Å²) in [4.78, 5) is 20.9. The number of rotatable bonds is 3. The molecule has 2 aliphatic rings. The number of hydrogen-bond donors (Lipinski definition) is 0. The molecule has 0 aromatic carbocycles. The summed E-state index contributed by atoms with van der Waals surface area (Å²) >= 11 is 0. The quantitative estimate of drug-likeness (QED) is 0.800. The van der Waals surface area contributed by atoms with Gasteiger partial charge in [0.2, 0.25) is 5.91 Å². The zero-order chi connectivity index (χ0) is 14.7. The van der Waals surface area contributed by atoms with E-state index in [-0.39, 0.29) is 0 Å². The molecule has 3 rings (SSSR count). The van der Waals surface area contributed by atoms with Gasteiger partial charge in [-0.2, -0.15) is 0 Å². The normalized spacial score (nSPS) is 21.9. The largest absolute Gasteiger partial charge is 0.368 e. The maximum absolute atomic E-state index is 12.3. The number of allylic oxidation sites excluding steroid dienone is 2. The molecule has 0 radical (unpaired) electrons. The van der Waals surface area contributed by atoms with Crippen LogP contribution in [0.25, 0.3) is 0 Å². The highest BCUT2D eigenvalue weighted by molar-refractivity contribution is 5.77. The molecule has 4 nitrogen and oxygen atoms in total. The summed E-state index contributed by atoms with van der Waals surface area (Å²) in [6.07, 6.45) is 11.1. The van der Waals surface area contributed by atoms with E-state index < -0.39 is 0 Å². The van der Waals surface area contributed by atoms with Gasteiger partial charge in [0, 0.05) is 50.7 Å². The highest BCUT2D eigenvalue weighted by Gasteiger charge is 2.24. The van der Waals surface area contributed by atoms with Gasteiger partial charge in [-0.25, -0.2) is 0 Å². The zero-order valence-corrected chi connectivity index (χ0v) is 12.7. The van der Waals surface area contributed by atoms with Crippen LogP contribution in [0.5, 0.6) is 0 Å². The first-order valence-corrected chi connectivity index (χ1v) is 7.84. The van der Waals surface area contributed by atoms with Crippen molar-refractivity contribution in [2.24, 2.45) is 5.92 Å². The van der Waals surface area contributed by atoms with Crippen LogP contribution in [0.1, 0.15) is 24.8 Å². The van der Waals surface area contributed by atoms with Crippen molar-refractivity contribution in [1.29, 1.82) is 0 Å². The number of hydrogen-bond acceptors (Lipinski definition) is 3. The molecule has 21 heavy (non-hydrogen) atoms. The van der Waals surface area contributed by atoms with Crippen molar-refractivity contribution in [3.63, 3.8) is 0 Å². The summed E-state index contributed by atoms with van der Waals surface area (Å²) < 4.78 is 0. The van der Waals surface area contributed by atoms with Gasteiger partial charge in [-0.15, -0.1) is 0 Å². The van der Waals surface area contributed by atoms with Crippen LogP contribution in [0.15, 0.2) is 30.6 Å². The Kier molecular flexibility index (Phi) is 4.23. The van der Waals surface area contributed by atoms with Crippen molar-refractivity contribution in [3.8, 4) is 0 Å². The van der Waals surface area contributed by atoms with Gasteiger partial charge in [0.1, 0.15) is 0 Å². The third kappa shape index (κ3) is 3.26. The fourth-order valence-electron chi connectivity index (χ4n) is 3.24. The molecule has 1 aromatic rings. The Morgan fingerprint density at radius 2 is 2.14 bits per heavy atom. The van der Waals surface area contributed by atoms with Crippen molar-refractivity contribution in [2.45, 2.75) is 26.2 Å². The summed E-state index contributed by atoms with van der Waals surface area (Å²) in [7, 11) is 0. The van der Waals surface area contributed by atoms with Crippen LogP contribution in [0, 0.1) is 12.8 Å². The molecule has 1 saturated heterocycles. The molecule has 112 valence electrons. The molecule has 1 aliphatic carbocycles. The number of anilines is 1. The second-order valence-electron chi connectivity index (χ2n) is 6.00. The lowest BCUT2D eigenvalue weighted by atomic mass is 10.0. The predicted molar refractivity (Wildman–Crippen MR) is 84.2 cm³/mol. The molecule has 0 bridgehead atoms. The molecule has 1 atom stereocenters. The van der Waals surface area contributed by atoms with E-state index in [0.29, 0.717) is 18.2 Å². The number of piperazine rings is 1. The van der Waals surface area contributed by atoms with E-state index in [1.165, 1.54) is 11.3 Å². The van der Waals surface area contributed by atoms with Crippen molar-refractivity contribution in [2.75, 3.05) is 31.1 Å². The number of aryl methyl sites for hydroxylation is 1. The number of amides is 1. The van der Waals surface area contributed by atoms with E-state index in [4.69, 9.17) is 0 Å². The highest BCUT2D eigenvalue weighted by atomic mass is 16.2. The molecule has 0 saturated carbocycles. The molecule has 1 amide bonds. The number of carbonyl (C=O) groups excluding carboxylic acids is 1. The molecular weight excluding hydrogens is 262 g/mol. The zero-order valence-electron chi connectivity index (χ0n) is 12.7. The maximum Gasteiger partial charge on any atom is 0.223 e. The van der Waals surface area contributed by atoms with Crippen LogP contribution in [-0.4, -0.2) is 42.0 Å². The van der Waals surface area contributed by atoms with E-state index in [1.807, 2.05) is 17.3 Å². The minimum Gasteiger partial charge on any atom is -0.368 e. The van der Waals surface area contributed by atoms with Crippen molar-refractivity contribution < 1.29 is 4.79 Å². The Labute approximate surface area is 126 Å². The topological polar surface area (TPSA) is 36.4 Å². The van der Waals surface area contributed by atoms with E-state index in [9.17, 15) is 4.79 Å². The molecule has 4 heteroatoms. The van der Waals surface area contributed by atoms with Crippen molar-refractivity contribution >= 4 is 11.6 Å². The molecule has 1 aliphatic heterocycles.